The van der Waals surface area contributed by atoms with Crippen LogP contribution < -0.4 is 0 Å². The van der Waals surface area contributed by atoms with Crippen LogP contribution in [-0.4, -0.2) is 22.4 Å². The maximum atomic E-state index is 10.6. The van der Waals surface area contributed by atoms with E-state index >= 15 is 0 Å². The normalized spacial score (nSPS) is 55.2. The van der Waals surface area contributed by atoms with Crippen molar-refractivity contribution in [3.63, 3.8) is 0 Å². The van der Waals surface area contributed by atoms with Crippen molar-refractivity contribution in [2.24, 2.45) is 23.2 Å². The van der Waals surface area contributed by atoms with Crippen molar-refractivity contribution in [3.8, 4) is 0 Å². The van der Waals surface area contributed by atoms with Crippen molar-refractivity contribution >= 4 is 0 Å². The van der Waals surface area contributed by atoms with Gasteiger partial charge in [-0.15, -0.1) is 0 Å². The Labute approximate surface area is 104 Å². The lowest BCUT2D eigenvalue weighted by Gasteiger charge is -2.72. The van der Waals surface area contributed by atoms with Crippen molar-refractivity contribution in [1.82, 2.24) is 0 Å². The minimum absolute atomic E-state index is 0.185. The van der Waals surface area contributed by atoms with E-state index in [1.807, 2.05) is 6.92 Å². The first kappa shape index (κ1) is 11.7. The maximum Gasteiger partial charge on any atom is 0.0659 e. The van der Waals surface area contributed by atoms with E-state index in [2.05, 4.69) is 13.8 Å². The molecule has 0 heterocycles. The average Bonchev–Trinajstić information content (AvgIpc) is 2.27. The van der Waals surface area contributed by atoms with Gasteiger partial charge in [-0.2, -0.15) is 0 Å². The molecule has 0 spiro atoms. The van der Waals surface area contributed by atoms with E-state index in [-0.39, 0.29) is 6.61 Å². The first-order chi connectivity index (χ1) is 7.92. The van der Waals surface area contributed by atoms with Gasteiger partial charge in [0.25, 0.3) is 0 Å². The second-order valence-corrected chi connectivity index (χ2v) is 6.98. The van der Waals surface area contributed by atoms with Gasteiger partial charge in [0.2, 0.25) is 0 Å². The molecule has 0 aromatic carbocycles. The predicted molar refractivity (Wildman–Crippen MR) is 67.5 cm³/mol. The quantitative estimate of drug-likeness (QED) is 0.687. The van der Waals surface area contributed by atoms with Crippen LogP contribution in [0.15, 0.2) is 11.1 Å². The van der Waals surface area contributed by atoms with Gasteiger partial charge < -0.3 is 10.2 Å². The summed E-state index contributed by atoms with van der Waals surface area (Å²) in [6.45, 7) is 6.64. The fourth-order valence-corrected chi connectivity index (χ4v) is 5.33. The van der Waals surface area contributed by atoms with E-state index in [1.54, 1.807) is 0 Å². The predicted octanol–water partition coefficient (Wildman–Crippen LogP) is 2.50. The molecule has 4 saturated carbocycles. The third kappa shape index (κ3) is 1.29. The Bertz CT molecular complexity index is 382. The van der Waals surface area contributed by atoms with Gasteiger partial charge in [-0.25, -0.2) is 0 Å². The molecule has 0 amide bonds. The Morgan fingerprint density at radius 2 is 2.06 bits per heavy atom. The largest absolute Gasteiger partial charge is 0.392 e. The van der Waals surface area contributed by atoms with E-state index < -0.39 is 5.60 Å². The molecule has 2 nitrogen and oxygen atoms in total. The molecule has 0 radical (unpaired) electrons. The molecule has 5 atom stereocenters. The Balaban J connectivity index is 2.01. The first-order valence-electron chi connectivity index (χ1n) is 6.93. The lowest BCUT2D eigenvalue weighted by atomic mass is 9.33. The van der Waals surface area contributed by atoms with Gasteiger partial charge in [0, 0.05) is 0 Å². The fraction of sp³-hybridized carbons (Fsp3) is 0.867. The van der Waals surface area contributed by atoms with E-state index in [4.69, 9.17) is 0 Å². The van der Waals surface area contributed by atoms with Crippen LogP contribution in [0.2, 0.25) is 0 Å². The minimum Gasteiger partial charge on any atom is -0.392 e. The standard InChI is InChI=1S/C15H24O2/c1-9(8-16)10-4-6-14(2)11-5-7-15(3,17)13(14)12(10)11/h11-13,16-17H,4-8H2,1-3H3/b10-9+. The molecule has 2 heteroatoms. The average molecular weight is 236 g/mol. The number of allylic oxidation sites excluding steroid dienone is 1. The van der Waals surface area contributed by atoms with E-state index in [1.165, 1.54) is 12.0 Å². The zero-order valence-corrected chi connectivity index (χ0v) is 11.2. The second kappa shape index (κ2) is 3.36. The van der Waals surface area contributed by atoms with Gasteiger partial charge >= 0.3 is 0 Å². The zero-order chi connectivity index (χ0) is 12.4. The van der Waals surface area contributed by atoms with Gasteiger partial charge in [0.05, 0.1) is 12.2 Å². The highest BCUT2D eigenvalue weighted by Gasteiger charge is 2.69. The van der Waals surface area contributed by atoms with Gasteiger partial charge in [-0.3, -0.25) is 0 Å². The first-order valence-corrected chi connectivity index (χ1v) is 6.93. The van der Waals surface area contributed by atoms with Crippen molar-refractivity contribution in [2.75, 3.05) is 6.61 Å². The highest BCUT2D eigenvalue weighted by atomic mass is 16.3. The smallest absolute Gasteiger partial charge is 0.0659 e. The van der Waals surface area contributed by atoms with Crippen LogP contribution in [0.3, 0.4) is 0 Å². The molecule has 4 aliphatic rings. The topological polar surface area (TPSA) is 40.5 Å². The van der Waals surface area contributed by atoms with Crippen LogP contribution in [0.1, 0.15) is 46.5 Å². The van der Waals surface area contributed by atoms with Crippen LogP contribution in [0, 0.1) is 23.2 Å². The molecule has 2 N–H and O–H groups in total. The number of aliphatic hydroxyl groups is 2. The molecule has 0 aromatic heterocycles. The number of hydrogen-bond donors (Lipinski definition) is 2. The highest BCUT2D eigenvalue weighted by molar-refractivity contribution is 5.32. The van der Waals surface area contributed by atoms with Crippen molar-refractivity contribution in [2.45, 2.75) is 52.1 Å². The number of aliphatic hydroxyl groups excluding tert-OH is 1. The molecule has 0 aliphatic heterocycles. The Morgan fingerprint density at radius 1 is 1.35 bits per heavy atom. The third-order valence-electron chi connectivity index (χ3n) is 6.10. The van der Waals surface area contributed by atoms with Crippen LogP contribution in [0.25, 0.3) is 0 Å². The van der Waals surface area contributed by atoms with Gasteiger partial charge in [0.15, 0.2) is 0 Å². The van der Waals surface area contributed by atoms with Crippen LogP contribution in [-0.2, 0) is 0 Å². The molecule has 5 unspecified atom stereocenters. The maximum absolute atomic E-state index is 10.6. The summed E-state index contributed by atoms with van der Waals surface area (Å²) in [5, 5.41) is 20.0. The monoisotopic (exact) mass is 236 g/mol. The molecule has 4 fully saturated rings. The molecular formula is C15H24O2. The summed E-state index contributed by atoms with van der Waals surface area (Å²) in [5.74, 6) is 1.75. The van der Waals surface area contributed by atoms with E-state index in [0.29, 0.717) is 17.3 Å². The molecule has 4 rings (SSSR count). The van der Waals surface area contributed by atoms with Crippen LogP contribution in [0.5, 0.6) is 0 Å². The van der Waals surface area contributed by atoms with Crippen LogP contribution >= 0.6 is 0 Å². The van der Waals surface area contributed by atoms with Crippen molar-refractivity contribution < 1.29 is 10.2 Å². The number of hydrogen-bond acceptors (Lipinski definition) is 2. The SMILES string of the molecule is C/C(CO)=C1/CCC2(C)C3CCC(C)(O)C2C13. The second-order valence-electron chi connectivity index (χ2n) is 6.98. The summed E-state index contributed by atoms with van der Waals surface area (Å²) < 4.78 is 0. The molecule has 4 aliphatic carbocycles. The molecule has 4 bridgehead atoms. The summed E-state index contributed by atoms with van der Waals surface area (Å²) in [6, 6.07) is 0. The van der Waals surface area contributed by atoms with Gasteiger partial charge in [-0.1, -0.05) is 12.5 Å². The number of fused-ring (bicyclic) bond motifs is 2. The third-order valence-corrected chi connectivity index (χ3v) is 6.10. The summed E-state index contributed by atoms with van der Waals surface area (Å²) in [7, 11) is 0. The fourth-order valence-electron chi connectivity index (χ4n) is 5.33. The summed E-state index contributed by atoms with van der Waals surface area (Å²) in [4.78, 5) is 0. The lowest BCUT2D eigenvalue weighted by Crippen LogP contribution is -2.69. The molecular weight excluding hydrogens is 212 g/mol. The molecule has 17 heavy (non-hydrogen) atoms. The number of rotatable bonds is 1. The van der Waals surface area contributed by atoms with E-state index in [0.717, 1.165) is 30.8 Å². The van der Waals surface area contributed by atoms with Crippen molar-refractivity contribution in [1.29, 1.82) is 0 Å². The highest BCUT2D eigenvalue weighted by Crippen LogP contribution is 2.73. The molecule has 96 valence electrons. The minimum atomic E-state index is -0.491. The Hall–Kier alpha value is -0.340. The summed E-state index contributed by atoms with van der Waals surface area (Å²) >= 11 is 0. The summed E-state index contributed by atoms with van der Waals surface area (Å²) in [6.07, 6.45) is 4.45. The van der Waals surface area contributed by atoms with Gasteiger partial charge in [-0.05, 0) is 68.3 Å². The summed E-state index contributed by atoms with van der Waals surface area (Å²) in [5.41, 5.74) is 2.50. The van der Waals surface area contributed by atoms with Crippen LogP contribution in [0.4, 0.5) is 0 Å². The molecule has 0 aromatic rings. The Kier molecular flexibility index (Phi) is 2.32. The van der Waals surface area contributed by atoms with E-state index in [9.17, 15) is 10.2 Å². The molecule has 0 saturated heterocycles. The van der Waals surface area contributed by atoms with Crippen molar-refractivity contribution in [3.05, 3.63) is 11.1 Å². The van der Waals surface area contributed by atoms with Gasteiger partial charge in [0.1, 0.15) is 0 Å². The zero-order valence-electron chi connectivity index (χ0n) is 11.2. The Morgan fingerprint density at radius 3 is 2.65 bits per heavy atom. The lowest BCUT2D eigenvalue weighted by molar-refractivity contribution is -0.251.